The van der Waals surface area contributed by atoms with Gasteiger partial charge in [-0.05, 0) is 37.1 Å². The fourth-order valence-corrected chi connectivity index (χ4v) is 1.81. The summed E-state index contributed by atoms with van der Waals surface area (Å²) < 4.78 is 0. The summed E-state index contributed by atoms with van der Waals surface area (Å²) in [6, 6.07) is 8.45. The van der Waals surface area contributed by atoms with Gasteiger partial charge in [-0.25, -0.2) is 0 Å². The van der Waals surface area contributed by atoms with E-state index in [1.807, 2.05) is 18.2 Å². The Morgan fingerprint density at radius 3 is 2.59 bits per heavy atom. The van der Waals surface area contributed by atoms with Crippen molar-refractivity contribution in [1.29, 1.82) is 0 Å². The van der Waals surface area contributed by atoms with Crippen LogP contribution in [0.5, 0.6) is 0 Å². The summed E-state index contributed by atoms with van der Waals surface area (Å²) in [5, 5.41) is 7.72. The van der Waals surface area contributed by atoms with Crippen LogP contribution in [0.25, 0.3) is 0 Å². The van der Waals surface area contributed by atoms with Crippen molar-refractivity contribution in [3.8, 4) is 0 Å². The van der Waals surface area contributed by atoms with Crippen molar-refractivity contribution in [2.24, 2.45) is 5.92 Å². The summed E-state index contributed by atoms with van der Waals surface area (Å²) in [5.41, 5.74) is 1.23. The molecule has 0 amide bonds. The van der Waals surface area contributed by atoms with Crippen LogP contribution in [0.2, 0.25) is 5.02 Å². The third kappa shape index (κ3) is 6.67. The molecule has 1 atom stereocenters. The lowest BCUT2D eigenvalue weighted by Crippen LogP contribution is -2.37. The minimum Gasteiger partial charge on any atom is -0.315 e. The number of rotatable bonds is 7. The molecular weight excluding hydrogens is 232 g/mol. The molecule has 1 aromatic rings. The molecule has 1 aromatic carbocycles. The van der Waals surface area contributed by atoms with Gasteiger partial charge in [0.1, 0.15) is 0 Å². The fraction of sp³-hybridized carbons (Fsp3) is 0.571. The van der Waals surface area contributed by atoms with Gasteiger partial charge in [-0.3, -0.25) is 0 Å². The number of nitrogens with one attached hydrogen (secondary N) is 2. The van der Waals surface area contributed by atoms with Crippen molar-refractivity contribution >= 4 is 11.6 Å². The monoisotopic (exact) mass is 254 g/mol. The van der Waals surface area contributed by atoms with E-state index in [4.69, 9.17) is 11.6 Å². The third-order valence-corrected chi connectivity index (χ3v) is 2.78. The Morgan fingerprint density at radius 2 is 1.94 bits per heavy atom. The molecule has 2 N–H and O–H groups in total. The molecule has 0 saturated carbocycles. The normalized spacial score (nSPS) is 13.0. The van der Waals surface area contributed by atoms with Crippen LogP contribution in [0.4, 0.5) is 0 Å². The van der Waals surface area contributed by atoms with Crippen LogP contribution in [-0.4, -0.2) is 19.1 Å². The van der Waals surface area contributed by atoms with Crippen molar-refractivity contribution in [2.45, 2.75) is 33.4 Å². The van der Waals surface area contributed by atoms with Crippen molar-refractivity contribution in [3.05, 3.63) is 34.9 Å². The first-order valence-corrected chi connectivity index (χ1v) is 6.64. The van der Waals surface area contributed by atoms with Crippen LogP contribution in [0.3, 0.4) is 0 Å². The molecule has 0 fully saturated rings. The molecule has 1 rings (SSSR count). The third-order valence-electron chi connectivity index (χ3n) is 2.55. The second-order valence-corrected chi connectivity index (χ2v) is 5.40. The molecule has 0 aliphatic rings. The van der Waals surface area contributed by atoms with Gasteiger partial charge < -0.3 is 10.6 Å². The van der Waals surface area contributed by atoms with Gasteiger partial charge in [0.15, 0.2) is 0 Å². The zero-order valence-corrected chi connectivity index (χ0v) is 11.7. The average molecular weight is 255 g/mol. The van der Waals surface area contributed by atoms with E-state index in [2.05, 4.69) is 37.5 Å². The summed E-state index contributed by atoms with van der Waals surface area (Å²) in [7, 11) is 0. The molecule has 3 heteroatoms. The molecule has 0 aromatic heterocycles. The summed E-state index contributed by atoms with van der Waals surface area (Å²) in [5.74, 6) is 0.704. The zero-order valence-electron chi connectivity index (χ0n) is 11.0. The lowest BCUT2D eigenvalue weighted by Gasteiger charge is -2.15. The van der Waals surface area contributed by atoms with Crippen LogP contribution in [0.1, 0.15) is 26.3 Å². The molecule has 0 radical (unpaired) electrons. The van der Waals surface area contributed by atoms with Crippen LogP contribution in [-0.2, 0) is 6.54 Å². The maximum absolute atomic E-state index is 5.94. The van der Waals surface area contributed by atoms with E-state index < -0.39 is 0 Å². The van der Waals surface area contributed by atoms with Gasteiger partial charge in [-0.2, -0.15) is 0 Å². The number of halogens is 1. The maximum atomic E-state index is 5.94. The van der Waals surface area contributed by atoms with Gasteiger partial charge in [-0.15, -0.1) is 0 Å². The van der Waals surface area contributed by atoms with E-state index in [1.54, 1.807) is 0 Å². The first kappa shape index (κ1) is 14.5. The number of hydrogen-bond acceptors (Lipinski definition) is 2. The largest absolute Gasteiger partial charge is 0.315 e. The van der Waals surface area contributed by atoms with E-state index in [0.29, 0.717) is 12.0 Å². The molecule has 0 bridgehead atoms. The summed E-state index contributed by atoms with van der Waals surface area (Å²) in [6.07, 6.45) is 0. The van der Waals surface area contributed by atoms with E-state index >= 15 is 0 Å². The van der Waals surface area contributed by atoms with Crippen molar-refractivity contribution in [1.82, 2.24) is 10.6 Å². The Bertz CT molecular complexity index is 326. The Kier molecular flexibility index (Phi) is 6.56. The Labute approximate surface area is 110 Å². The average Bonchev–Trinajstić information content (AvgIpc) is 2.26. The second-order valence-electron chi connectivity index (χ2n) is 4.96. The first-order valence-electron chi connectivity index (χ1n) is 6.26. The van der Waals surface area contributed by atoms with E-state index in [9.17, 15) is 0 Å². The molecule has 17 heavy (non-hydrogen) atoms. The Hall–Kier alpha value is -0.570. The van der Waals surface area contributed by atoms with Crippen molar-refractivity contribution < 1.29 is 0 Å². The topological polar surface area (TPSA) is 24.1 Å². The highest BCUT2D eigenvalue weighted by atomic mass is 35.5. The van der Waals surface area contributed by atoms with E-state index in [0.717, 1.165) is 24.7 Å². The van der Waals surface area contributed by atoms with Gasteiger partial charge in [-0.1, -0.05) is 37.6 Å². The lowest BCUT2D eigenvalue weighted by atomic mass is 10.2. The van der Waals surface area contributed by atoms with Crippen LogP contribution >= 0.6 is 11.6 Å². The predicted molar refractivity (Wildman–Crippen MR) is 75.5 cm³/mol. The summed E-state index contributed by atoms with van der Waals surface area (Å²) in [6.45, 7) is 9.57. The molecule has 0 heterocycles. The molecular formula is C14H23ClN2. The molecule has 0 spiro atoms. The SMILES string of the molecule is CC(C)CNCC(C)NCc1cccc(Cl)c1. The predicted octanol–water partition coefficient (Wildman–Crippen LogP) is 3.06. The Balaban J connectivity index is 2.21. The standard InChI is InChI=1S/C14H23ClN2/c1-11(2)8-16-9-12(3)17-10-13-5-4-6-14(15)7-13/h4-7,11-12,16-17H,8-10H2,1-3H3. The molecule has 0 aliphatic carbocycles. The first-order chi connectivity index (χ1) is 8.08. The van der Waals surface area contributed by atoms with E-state index in [-0.39, 0.29) is 0 Å². The summed E-state index contributed by atoms with van der Waals surface area (Å²) >= 11 is 5.94. The van der Waals surface area contributed by atoms with Crippen LogP contribution in [0.15, 0.2) is 24.3 Å². The highest BCUT2D eigenvalue weighted by Gasteiger charge is 2.02. The second kappa shape index (κ2) is 7.70. The Morgan fingerprint density at radius 1 is 1.18 bits per heavy atom. The lowest BCUT2D eigenvalue weighted by molar-refractivity contribution is 0.472. The zero-order chi connectivity index (χ0) is 12.7. The van der Waals surface area contributed by atoms with Crippen molar-refractivity contribution in [2.75, 3.05) is 13.1 Å². The molecule has 1 unspecified atom stereocenters. The maximum Gasteiger partial charge on any atom is 0.0409 e. The highest BCUT2D eigenvalue weighted by Crippen LogP contribution is 2.10. The molecule has 0 aliphatic heterocycles. The quantitative estimate of drug-likeness (QED) is 0.782. The minimum atomic E-state index is 0.465. The van der Waals surface area contributed by atoms with Crippen LogP contribution < -0.4 is 10.6 Å². The molecule has 96 valence electrons. The molecule has 0 saturated heterocycles. The van der Waals surface area contributed by atoms with E-state index in [1.165, 1.54) is 5.56 Å². The summed E-state index contributed by atoms with van der Waals surface area (Å²) in [4.78, 5) is 0. The van der Waals surface area contributed by atoms with Gasteiger partial charge in [0.05, 0.1) is 0 Å². The number of benzene rings is 1. The van der Waals surface area contributed by atoms with Gasteiger partial charge in [0, 0.05) is 24.2 Å². The highest BCUT2D eigenvalue weighted by molar-refractivity contribution is 6.30. The smallest absolute Gasteiger partial charge is 0.0409 e. The fourth-order valence-electron chi connectivity index (χ4n) is 1.60. The van der Waals surface area contributed by atoms with Crippen molar-refractivity contribution in [3.63, 3.8) is 0 Å². The van der Waals surface area contributed by atoms with Gasteiger partial charge in [0.2, 0.25) is 0 Å². The minimum absolute atomic E-state index is 0.465. The van der Waals surface area contributed by atoms with Gasteiger partial charge in [0.25, 0.3) is 0 Å². The van der Waals surface area contributed by atoms with Crippen LogP contribution in [0, 0.1) is 5.92 Å². The van der Waals surface area contributed by atoms with Gasteiger partial charge >= 0.3 is 0 Å². The number of hydrogen-bond donors (Lipinski definition) is 2. The molecule has 2 nitrogen and oxygen atoms in total.